The summed E-state index contributed by atoms with van der Waals surface area (Å²) in [5.74, 6) is -1.02. The maximum absolute atomic E-state index is 10.9. The lowest BCUT2D eigenvalue weighted by Gasteiger charge is -2.03. The molecule has 2 rings (SSSR count). The summed E-state index contributed by atoms with van der Waals surface area (Å²) in [6, 6.07) is 4.92. The zero-order valence-corrected chi connectivity index (χ0v) is 8.71. The minimum absolute atomic E-state index is 0.112. The molecule has 0 radical (unpaired) electrons. The molecule has 1 heterocycles. The second-order valence-corrected chi connectivity index (χ2v) is 3.51. The molecule has 2 aromatic rings. The minimum Gasteiger partial charge on any atom is -0.478 e. The lowest BCUT2D eigenvalue weighted by Crippen LogP contribution is -2.02. The van der Waals surface area contributed by atoms with Gasteiger partial charge >= 0.3 is 5.97 Å². The molecular formula is C11H11N3O2. The third-order valence-electron chi connectivity index (χ3n) is 2.32. The fourth-order valence-corrected chi connectivity index (χ4v) is 1.49. The van der Waals surface area contributed by atoms with E-state index in [1.54, 1.807) is 36.1 Å². The van der Waals surface area contributed by atoms with Gasteiger partial charge in [0.05, 0.1) is 11.8 Å². The Labute approximate surface area is 92.1 Å². The van der Waals surface area contributed by atoms with Gasteiger partial charge in [0.15, 0.2) is 0 Å². The monoisotopic (exact) mass is 217 g/mol. The third-order valence-corrected chi connectivity index (χ3v) is 2.32. The van der Waals surface area contributed by atoms with E-state index in [-0.39, 0.29) is 11.3 Å². The standard InChI is InChI=1S/C11H11N3O2/c1-14-6-8(5-13-14)7-2-3-10(12)9(4-7)11(15)16/h2-6H,12H2,1H3,(H,15,16). The molecule has 0 fully saturated rings. The molecule has 0 bridgehead atoms. The van der Waals surface area contributed by atoms with Crippen LogP contribution in [0.2, 0.25) is 0 Å². The molecule has 5 nitrogen and oxygen atoms in total. The summed E-state index contributed by atoms with van der Waals surface area (Å²) in [6.45, 7) is 0. The number of benzene rings is 1. The number of carbonyl (C=O) groups is 1. The predicted octanol–water partition coefficient (Wildman–Crippen LogP) is 1.37. The SMILES string of the molecule is Cn1cc(-c2ccc(N)c(C(=O)O)c2)cn1. The number of anilines is 1. The van der Waals surface area contributed by atoms with Crippen molar-refractivity contribution in [1.82, 2.24) is 9.78 Å². The van der Waals surface area contributed by atoms with E-state index in [2.05, 4.69) is 5.10 Å². The highest BCUT2D eigenvalue weighted by molar-refractivity contribution is 5.95. The summed E-state index contributed by atoms with van der Waals surface area (Å²) >= 11 is 0. The Morgan fingerprint density at radius 1 is 1.44 bits per heavy atom. The van der Waals surface area contributed by atoms with Gasteiger partial charge in [0.25, 0.3) is 0 Å². The molecule has 82 valence electrons. The molecule has 1 aromatic carbocycles. The van der Waals surface area contributed by atoms with Crippen LogP contribution in [0.1, 0.15) is 10.4 Å². The van der Waals surface area contributed by atoms with Crippen LogP contribution in [0.5, 0.6) is 0 Å². The Morgan fingerprint density at radius 3 is 2.75 bits per heavy atom. The number of nitrogen functional groups attached to an aromatic ring is 1. The van der Waals surface area contributed by atoms with E-state index in [1.807, 2.05) is 6.20 Å². The van der Waals surface area contributed by atoms with Gasteiger partial charge in [0.2, 0.25) is 0 Å². The van der Waals surface area contributed by atoms with Gasteiger partial charge in [-0.3, -0.25) is 4.68 Å². The van der Waals surface area contributed by atoms with Crippen LogP contribution in [0.15, 0.2) is 30.6 Å². The van der Waals surface area contributed by atoms with Crippen LogP contribution in [0, 0.1) is 0 Å². The van der Waals surface area contributed by atoms with Crippen LogP contribution in [0.3, 0.4) is 0 Å². The van der Waals surface area contributed by atoms with Crippen molar-refractivity contribution in [3.05, 3.63) is 36.2 Å². The number of hydrogen-bond acceptors (Lipinski definition) is 3. The first-order valence-electron chi connectivity index (χ1n) is 4.70. The molecular weight excluding hydrogens is 206 g/mol. The summed E-state index contributed by atoms with van der Waals surface area (Å²) in [6.07, 6.45) is 3.49. The number of aromatic nitrogens is 2. The highest BCUT2D eigenvalue weighted by atomic mass is 16.4. The quantitative estimate of drug-likeness (QED) is 0.744. The second kappa shape index (κ2) is 3.69. The first-order valence-corrected chi connectivity index (χ1v) is 4.70. The molecule has 0 aliphatic carbocycles. The molecule has 0 spiro atoms. The fourth-order valence-electron chi connectivity index (χ4n) is 1.49. The fraction of sp³-hybridized carbons (Fsp3) is 0.0909. The van der Waals surface area contributed by atoms with Crippen LogP contribution < -0.4 is 5.73 Å². The van der Waals surface area contributed by atoms with E-state index in [4.69, 9.17) is 10.8 Å². The lowest BCUT2D eigenvalue weighted by atomic mass is 10.0. The van der Waals surface area contributed by atoms with Gasteiger partial charge in [-0.2, -0.15) is 5.10 Å². The Bertz CT molecular complexity index is 546. The first-order chi connectivity index (χ1) is 7.58. The van der Waals surface area contributed by atoms with E-state index >= 15 is 0 Å². The Balaban J connectivity index is 2.51. The van der Waals surface area contributed by atoms with Crippen molar-refractivity contribution in [2.45, 2.75) is 0 Å². The van der Waals surface area contributed by atoms with E-state index in [0.717, 1.165) is 11.1 Å². The number of aryl methyl sites for hydroxylation is 1. The van der Waals surface area contributed by atoms with Crippen molar-refractivity contribution in [1.29, 1.82) is 0 Å². The van der Waals surface area contributed by atoms with Crippen LogP contribution in [-0.2, 0) is 7.05 Å². The zero-order chi connectivity index (χ0) is 11.7. The molecule has 5 heteroatoms. The Kier molecular flexibility index (Phi) is 2.36. The molecule has 0 saturated carbocycles. The molecule has 1 aromatic heterocycles. The van der Waals surface area contributed by atoms with Gasteiger partial charge in [0.1, 0.15) is 0 Å². The molecule has 0 aliphatic heterocycles. The smallest absolute Gasteiger partial charge is 0.337 e. The third kappa shape index (κ3) is 1.75. The van der Waals surface area contributed by atoms with Crippen molar-refractivity contribution in [3.8, 4) is 11.1 Å². The first kappa shape index (κ1) is 10.2. The highest BCUT2D eigenvalue weighted by Gasteiger charge is 2.10. The topological polar surface area (TPSA) is 81.1 Å². The predicted molar refractivity (Wildman–Crippen MR) is 60.0 cm³/mol. The van der Waals surface area contributed by atoms with E-state index in [1.165, 1.54) is 0 Å². The molecule has 0 amide bonds. The van der Waals surface area contributed by atoms with Crippen molar-refractivity contribution in [2.24, 2.45) is 7.05 Å². The normalized spacial score (nSPS) is 10.3. The number of nitrogens with two attached hydrogens (primary N) is 1. The van der Waals surface area contributed by atoms with E-state index in [9.17, 15) is 4.79 Å². The number of carboxylic acid groups (broad SMARTS) is 1. The Morgan fingerprint density at radius 2 is 2.19 bits per heavy atom. The van der Waals surface area contributed by atoms with Crippen LogP contribution in [0.25, 0.3) is 11.1 Å². The van der Waals surface area contributed by atoms with Gasteiger partial charge in [-0.1, -0.05) is 6.07 Å². The van der Waals surface area contributed by atoms with E-state index < -0.39 is 5.97 Å². The van der Waals surface area contributed by atoms with Gasteiger partial charge in [-0.25, -0.2) is 4.79 Å². The molecule has 0 unspecified atom stereocenters. The number of nitrogens with zero attached hydrogens (tertiary/aromatic N) is 2. The largest absolute Gasteiger partial charge is 0.478 e. The summed E-state index contributed by atoms with van der Waals surface area (Å²) in [5.41, 5.74) is 7.61. The highest BCUT2D eigenvalue weighted by Crippen LogP contribution is 2.23. The van der Waals surface area contributed by atoms with E-state index in [0.29, 0.717) is 0 Å². The number of carboxylic acids is 1. The van der Waals surface area contributed by atoms with Crippen LogP contribution in [0.4, 0.5) is 5.69 Å². The summed E-state index contributed by atoms with van der Waals surface area (Å²) < 4.78 is 1.66. The summed E-state index contributed by atoms with van der Waals surface area (Å²) in [7, 11) is 1.80. The minimum atomic E-state index is -1.02. The molecule has 3 N–H and O–H groups in total. The van der Waals surface area contributed by atoms with Crippen molar-refractivity contribution in [2.75, 3.05) is 5.73 Å². The molecule has 16 heavy (non-hydrogen) atoms. The molecule has 0 aliphatic rings. The van der Waals surface area contributed by atoms with Gasteiger partial charge in [0, 0.05) is 24.5 Å². The van der Waals surface area contributed by atoms with Gasteiger partial charge in [-0.05, 0) is 17.7 Å². The number of aromatic carboxylic acids is 1. The van der Waals surface area contributed by atoms with Gasteiger partial charge in [-0.15, -0.1) is 0 Å². The van der Waals surface area contributed by atoms with Gasteiger partial charge < -0.3 is 10.8 Å². The lowest BCUT2D eigenvalue weighted by molar-refractivity contribution is 0.0698. The average Bonchev–Trinajstić information content (AvgIpc) is 2.65. The number of hydrogen-bond donors (Lipinski definition) is 2. The van der Waals surface area contributed by atoms with Crippen molar-refractivity contribution in [3.63, 3.8) is 0 Å². The number of rotatable bonds is 2. The van der Waals surface area contributed by atoms with Crippen molar-refractivity contribution < 1.29 is 9.90 Å². The van der Waals surface area contributed by atoms with Crippen LogP contribution in [-0.4, -0.2) is 20.9 Å². The van der Waals surface area contributed by atoms with Crippen LogP contribution >= 0.6 is 0 Å². The second-order valence-electron chi connectivity index (χ2n) is 3.51. The zero-order valence-electron chi connectivity index (χ0n) is 8.71. The summed E-state index contributed by atoms with van der Waals surface area (Å²) in [4.78, 5) is 10.9. The Hall–Kier alpha value is -2.30. The molecule has 0 atom stereocenters. The maximum Gasteiger partial charge on any atom is 0.337 e. The van der Waals surface area contributed by atoms with Crippen molar-refractivity contribution >= 4 is 11.7 Å². The molecule has 0 saturated heterocycles. The average molecular weight is 217 g/mol. The summed E-state index contributed by atoms with van der Waals surface area (Å²) in [5, 5.41) is 13.0. The maximum atomic E-state index is 10.9.